The summed E-state index contributed by atoms with van der Waals surface area (Å²) in [5.74, 6) is -0.651. The second-order valence-electron chi connectivity index (χ2n) is 4.30. The maximum absolute atomic E-state index is 11.7. The predicted octanol–water partition coefficient (Wildman–Crippen LogP) is -0.132. The molecule has 0 spiro atoms. The molecule has 0 aromatic heterocycles. The van der Waals surface area contributed by atoms with Crippen molar-refractivity contribution in [3.63, 3.8) is 0 Å². The summed E-state index contributed by atoms with van der Waals surface area (Å²) >= 11 is 0. The summed E-state index contributed by atoms with van der Waals surface area (Å²) in [5, 5.41) is 0. The van der Waals surface area contributed by atoms with E-state index in [1.165, 1.54) is 0 Å². The summed E-state index contributed by atoms with van der Waals surface area (Å²) in [6.45, 7) is 4.04. The summed E-state index contributed by atoms with van der Waals surface area (Å²) in [4.78, 5) is 24.4. The first kappa shape index (κ1) is 15.2. The highest BCUT2D eigenvalue weighted by Gasteiger charge is 2.32. The Hall–Kier alpha value is -0.810. The molecule has 1 rings (SSSR count). The standard InChI is InChI=1S/C10H19N3O2.ClH/c1-6-3-4-8(9(12)14)5-13(6)10(15)7(2)11;/h6-8H,3-5,11H2,1-2H3,(H2,12,14);1H. The van der Waals surface area contributed by atoms with E-state index in [4.69, 9.17) is 11.5 Å². The Labute approximate surface area is 102 Å². The molecule has 5 nitrogen and oxygen atoms in total. The fourth-order valence-corrected chi connectivity index (χ4v) is 1.91. The highest BCUT2D eigenvalue weighted by atomic mass is 35.5. The van der Waals surface area contributed by atoms with Crippen molar-refractivity contribution in [3.8, 4) is 0 Å². The molecule has 3 unspecified atom stereocenters. The van der Waals surface area contributed by atoms with Crippen LogP contribution in [0.4, 0.5) is 0 Å². The molecule has 0 radical (unpaired) electrons. The third-order valence-electron chi connectivity index (χ3n) is 2.96. The Kier molecular flexibility index (Phi) is 5.75. The number of hydrogen-bond donors (Lipinski definition) is 2. The first-order valence-electron chi connectivity index (χ1n) is 5.29. The van der Waals surface area contributed by atoms with E-state index < -0.39 is 6.04 Å². The van der Waals surface area contributed by atoms with Crippen LogP contribution in [0.3, 0.4) is 0 Å². The van der Waals surface area contributed by atoms with Crippen molar-refractivity contribution in [1.29, 1.82) is 0 Å². The normalized spacial score (nSPS) is 26.8. The van der Waals surface area contributed by atoms with Crippen LogP contribution in [-0.2, 0) is 9.59 Å². The van der Waals surface area contributed by atoms with Crippen LogP contribution in [0.15, 0.2) is 0 Å². The summed E-state index contributed by atoms with van der Waals surface area (Å²) in [6.07, 6.45) is 1.57. The van der Waals surface area contributed by atoms with Gasteiger partial charge < -0.3 is 16.4 Å². The number of likely N-dealkylation sites (tertiary alicyclic amines) is 1. The number of carbonyl (C=O) groups is 2. The maximum Gasteiger partial charge on any atom is 0.239 e. The van der Waals surface area contributed by atoms with Crippen molar-refractivity contribution in [2.24, 2.45) is 17.4 Å². The summed E-state index contributed by atoms with van der Waals surface area (Å²) in [6, 6.07) is -0.363. The number of halogens is 1. The third kappa shape index (κ3) is 3.35. The van der Waals surface area contributed by atoms with E-state index >= 15 is 0 Å². The number of nitrogens with two attached hydrogens (primary N) is 2. The molecule has 1 aliphatic heterocycles. The highest BCUT2D eigenvalue weighted by Crippen LogP contribution is 2.22. The van der Waals surface area contributed by atoms with Gasteiger partial charge in [0.2, 0.25) is 11.8 Å². The molecule has 0 bridgehead atoms. The zero-order chi connectivity index (χ0) is 11.6. The number of carbonyl (C=O) groups excluding carboxylic acids is 2. The number of piperidine rings is 1. The van der Waals surface area contributed by atoms with E-state index in [2.05, 4.69) is 0 Å². The van der Waals surface area contributed by atoms with Crippen LogP contribution >= 0.6 is 12.4 Å². The molecule has 0 saturated carbocycles. The van der Waals surface area contributed by atoms with Crippen LogP contribution in [0.25, 0.3) is 0 Å². The Bertz CT molecular complexity index is 271. The minimum Gasteiger partial charge on any atom is -0.369 e. The minimum absolute atomic E-state index is 0. The molecule has 4 N–H and O–H groups in total. The molecule has 1 saturated heterocycles. The van der Waals surface area contributed by atoms with Gasteiger partial charge in [0, 0.05) is 12.6 Å². The first-order valence-corrected chi connectivity index (χ1v) is 5.29. The van der Waals surface area contributed by atoms with Crippen molar-refractivity contribution in [1.82, 2.24) is 4.90 Å². The second-order valence-corrected chi connectivity index (χ2v) is 4.30. The van der Waals surface area contributed by atoms with Crippen LogP contribution in [-0.4, -0.2) is 35.3 Å². The van der Waals surface area contributed by atoms with Gasteiger partial charge in [-0.05, 0) is 26.7 Å². The van der Waals surface area contributed by atoms with Gasteiger partial charge in [0.05, 0.1) is 12.0 Å². The molecule has 1 fully saturated rings. The number of primary amides is 1. The first-order chi connectivity index (χ1) is 6.93. The van der Waals surface area contributed by atoms with E-state index in [9.17, 15) is 9.59 Å². The topological polar surface area (TPSA) is 89.4 Å². The van der Waals surface area contributed by atoms with Crippen molar-refractivity contribution in [3.05, 3.63) is 0 Å². The molecule has 2 amide bonds. The van der Waals surface area contributed by atoms with Crippen molar-refractivity contribution < 1.29 is 9.59 Å². The van der Waals surface area contributed by atoms with Gasteiger partial charge in [-0.25, -0.2) is 0 Å². The summed E-state index contributed by atoms with van der Waals surface area (Å²) in [7, 11) is 0. The monoisotopic (exact) mass is 249 g/mol. The van der Waals surface area contributed by atoms with Gasteiger partial charge in [0.15, 0.2) is 0 Å². The van der Waals surface area contributed by atoms with Crippen LogP contribution in [0.5, 0.6) is 0 Å². The van der Waals surface area contributed by atoms with E-state index in [1.807, 2.05) is 6.92 Å². The fraction of sp³-hybridized carbons (Fsp3) is 0.800. The third-order valence-corrected chi connectivity index (χ3v) is 2.96. The Morgan fingerprint density at radius 2 is 1.94 bits per heavy atom. The van der Waals surface area contributed by atoms with Gasteiger partial charge in [0.25, 0.3) is 0 Å². The van der Waals surface area contributed by atoms with Gasteiger partial charge in [-0.15, -0.1) is 12.4 Å². The lowest BCUT2D eigenvalue weighted by Crippen LogP contribution is -2.52. The lowest BCUT2D eigenvalue weighted by molar-refractivity contribution is -0.138. The van der Waals surface area contributed by atoms with Gasteiger partial charge in [-0.2, -0.15) is 0 Å². The van der Waals surface area contributed by atoms with Gasteiger partial charge in [0.1, 0.15) is 0 Å². The van der Waals surface area contributed by atoms with Crippen molar-refractivity contribution in [2.45, 2.75) is 38.8 Å². The van der Waals surface area contributed by atoms with Crippen LogP contribution in [0.1, 0.15) is 26.7 Å². The van der Waals surface area contributed by atoms with Gasteiger partial charge in [-0.3, -0.25) is 9.59 Å². The predicted molar refractivity (Wildman–Crippen MR) is 64.0 cm³/mol. The molecular formula is C10H20ClN3O2. The maximum atomic E-state index is 11.7. The highest BCUT2D eigenvalue weighted by molar-refractivity contribution is 5.85. The lowest BCUT2D eigenvalue weighted by Gasteiger charge is -2.37. The Morgan fingerprint density at radius 3 is 2.38 bits per heavy atom. The van der Waals surface area contributed by atoms with E-state index in [0.717, 1.165) is 12.8 Å². The van der Waals surface area contributed by atoms with Gasteiger partial charge in [-0.1, -0.05) is 0 Å². The van der Waals surface area contributed by atoms with Crippen LogP contribution < -0.4 is 11.5 Å². The zero-order valence-electron chi connectivity index (χ0n) is 9.68. The Morgan fingerprint density at radius 1 is 1.38 bits per heavy atom. The number of nitrogens with zero attached hydrogens (tertiary/aromatic N) is 1. The molecular weight excluding hydrogens is 230 g/mol. The molecule has 1 heterocycles. The number of amides is 2. The minimum atomic E-state index is -0.515. The zero-order valence-corrected chi connectivity index (χ0v) is 10.5. The van der Waals surface area contributed by atoms with Crippen LogP contribution in [0.2, 0.25) is 0 Å². The Balaban J connectivity index is 0.00000225. The number of rotatable bonds is 2. The average Bonchev–Trinajstić information content (AvgIpc) is 2.16. The SMILES string of the molecule is CC(N)C(=O)N1CC(C(N)=O)CCC1C.Cl. The van der Waals surface area contributed by atoms with Crippen molar-refractivity contribution in [2.75, 3.05) is 6.54 Å². The lowest BCUT2D eigenvalue weighted by atomic mass is 9.92. The van der Waals surface area contributed by atoms with Crippen LogP contribution in [0, 0.1) is 5.92 Å². The molecule has 94 valence electrons. The number of hydrogen-bond acceptors (Lipinski definition) is 3. The molecule has 6 heteroatoms. The average molecular weight is 250 g/mol. The molecule has 0 aromatic carbocycles. The van der Waals surface area contributed by atoms with E-state index in [1.54, 1.807) is 11.8 Å². The largest absolute Gasteiger partial charge is 0.369 e. The van der Waals surface area contributed by atoms with E-state index in [0.29, 0.717) is 6.54 Å². The second kappa shape index (κ2) is 6.06. The molecule has 1 aliphatic rings. The van der Waals surface area contributed by atoms with Gasteiger partial charge >= 0.3 is 0 Å². The summed E-state index contributed by atoms with van der Waals surface area (Å²) in [5.41, 5.74) is 10.8. The quantitative estimate of drug-likeness (QED) is 0.714. The summed E-state index contributed by atoms with van der Waals surface area (Å²) < 4.78 is 0. The molecule has 3 atom stereocenters. The molecule has 16 heavy (non-hydrogen) atoms. The molecule has 0 aromatic rings. The fourth-order valence-electron chi connectivity index (χ4n) is 1.91. The molecule has 0 aliphatic carbocycles. The smallest absolute Gasteiger partial charge is 0.239 e. The van der Waals surface area contributed by atoms with E-state index in [-0.39, 0.29) is 36.2 Å². The van der Waals surface area contributed by atoms with Crippen molar-refractivity contribution >= 4 is 24.2 Å².